The number of hydrogen-bond donors (Lipinski definition) is 0. The number of aromatic nitrogens is 3. The van der Waals surface area contributed by atoms with E-state index in [4.69, 9.17) is 23.9 Å². The minimum absolute atomic E-state index is 0.0160. The summed E-state index contributed by atoms with van der Waals surface area (Å²) in [4.78, 5) is 49.6. The van der Waals surface area contributed by atoms with Crippen LogP contribution in [0.5, 0.6) is 17.2 Å². The molecule has 0 saturated heterocycles. The molecule has 0 atom stereocenters. The number of aryl methyl sites for hydroxylation is 2. The fourth-order valence-corrected chi connectivity index (χ4v) is 4.46. The van der Waals surface area contributed by atoms with Crippen molar-refractivity contribution in [3.05, 3.63) is 69.1 Å². The second-order valence-electron chi connectivity index (χ2n) is 8.98. The van der Waals surface area contributed by atoms with E-state index in [0.29, 0.717) is 30.0 Å². The topological polar surface area (TPSA) is 123 Å². The predicted octanol–water partition coefficient (Wildman–Crippen LogP) is 3.70. The molecular formula is C29H32N4O7. The van der Waals surface area contributed by atoms with Crippen LogP contribution in [0.1, 0.15) is 53.0 Å². The highest BCUT2D eigenvalue weighted by Crippen LogP contribution is 2.38. The van der Waals surface area contributed by atoms with Gasteiger partial charge in [0.05, 0.1) is 33.3 Å². The second-order valence-corrected chi connectivity index (χ2v) is 8.98. The number of carbonyl (C=O) groups excluding carboxylic acids is 2. The van der Waals surface area contributed by atoms with Crippen LogP contribution in [0.2, 0.25) is 0 Å². The number of benzene rings is 1. The lowest BCUT2D eigenvalue weighted by Crippen LogP contribution is -2.33. The molecule has 0 saturated carbocycles. The Hall–Kier alpha value is -4.67. The van der Waals surface area contributed by atoms with Crippen LogP contribution in [0.25, 0.3) is 16.7 Å². The number of hydrogen-bond acceptors (Lipinski definition) is 8. The molecule has 3 heterocycles. The number of pyridine rings is 2. The number of nitrogens with zero attached hydrogens (tertiary/aromatic N) is 4. The Kier molecular flexibility index (Phi) is 8.52. The van der Waals surface area contributed by atoms with E-state index in [1.807, 2.05) is 19.9 Å². The summed E-state index contributed by atoms with van der Waals surface area (Å²) in [6, 6.07) is 7.98. The third-order valence-electron chi connectivity index (χ3n) is 6.45. The van der Waals surface area contributed by atoms with Crippen molar-refractivity contribution in [2.24, 2.45) is 4.99 Å². The quantitative estimate of drug-likeness (QED) is 0.229. The van der Waals surface area contributed by atoms with Crippen molar-refractivity contribution in [3.8, 4) is 17.2 Å². The maximum absolute atomic E-state index is 13.6. The van der Waals surface area contributed by atoms with Crippen LogP contribution < -0.4 is 25.3 Å². The Morgan fingerprint density at radius 1 is 1.00 bits per heavy atom. The summed E-state index contributed by atoms with van der Waals surface area (Å²) < 4.78 is 24.5. The predicted molar refractivity (Wildman–Crippen MR) is 149 cm³/mol. The Balaban J connectivity index is 2.11. The molecule has 11 heteroatoms. The van der Waals surface area contributed by atoms with E-state index in [1.165, 1.54) is 43.9 Å². The number of fused-ring (bicyclic) bond motifs is 2. The highest BCUT2D eigenvalue weighted by atomic mass is 16.5. The molecule has 0 fully saturated rings. The van der Waals surface area contributed by atoms with Crippen molar-refractivity contribution in [2.75, 3.05) is 27.9 Å². The first-order chi connectivity index (χ1) is 19.3. The van der Waals surface area contributed by atoms with Crippen LogP contribution in [0.3, 0.4) is 0 Å². The van der Waals surface area contributed by atoms with Gasteiger partial charge in [-0.3, -0.25) is 14.0 Å². The Morgan fingerprint density at radius 3 is 2.30 bits per heavy atom. The normalized spacial score (nSPS) is 11.6. The monoisotopic (exact) mass is 548 g/mol. The van der Waals surface area contributed by atoms with Gasteiger partial charge in [-0.2, -0.15) is 4.99 Å². The third-order valence-corrected chi connectivity index (χ3v) is 6.45. The highest BCUT2D eigenvalue weighted by Gasteiger charge is 2.22. The number of unbranched alkanes of at least 4 members (excludes halogenated alkanes) is 1. The number of rotatable bonds is 9. The van der Waals surface area contributed by atoms with Gasteiger partial charge in [0, 0.05) is 18.3 Å². The van der Waals surface area contributed by atoms with Crippen LogP contribution in [0.15, 0.2) is 46.3 Å². The van der Waals surface area contributed by atoms with E-state index < -0.39 is 11.9 Å². The maximum atomic E-state index is 13.6. The largest absolute Gasteiger partial charge is 0.493 e. The van der Waals surface area contributed by atoms with Crippen molar-refractivity contribution in [3.63, 3.8) is 0 Å². The van der Waals surface area contributed by atoms with Crippen molar-refractivity contribution in [1.82, 2.24) is 14.0 Å². The molecule has 0 unspecified atom stereocenters. The molecule has 0 spiro atoms. The molecule has 1 amide bonds. The molecule has 0 bridgehead atoms. The first kappa shape index (κ1) is 28.3. The lowest BCUT2D eigenvalue weighted by atomic mass is 10.1. The first-order valence-corrected chi connectivity index (χ1v) is 12.9. The Morgan fingerprint density at radius 2 is 1.70 bits per heavy atom. The van der Waals surface area contributed by atoms with Crippen molar-refractivity contribution in [2.45, 2.75) is 40.2 Å². The number of esters is 1. The lowest BCUT2D eigenvalue weighted by molar-refractivity contribution is 0.0523. The van der Waals surface area contributed by atoms with Gasteiger partial charge >= 0.3 is 5.97 Å². The van der Waals surface area contributed by atoms with Crippen molar-refractivity contribution >= 4 is 28.6 Å². The minimum atomic E-state index is -0.708. The summed E-state index contributed by atoms with van der Waals surface area (Å²) in [6.07, 6.45) is 3.12. The average molecular weight is 549 g/mol. The molecule has 40 heavy (non-hydrogen) atoms. The van der Waals surface area contributed by atoms with E-state index in [-0.39, 0.29) is 45.7 Å². The summed E-state index contributed by atoms with van der Waals surface area (Å²) in [7, 11) is 4.35. The van der Waals surface area contributed by atoms with E-state index in [2.05, 4.69) is 4.99 Å². The number of amides is 1. The Labute approximate surface area is 230 Å². The summed E-state index contributed by atoms with van der Waals surface area (Å²) in [5, 5.41) is 0.210. The van der Waals surface area contributed by atoms with E-state index in [9.17, 15) is 14.4 Å². The number of methoxy groups -OCH3 is 3. The zero-order valence-corrected chi connectivity index (χ0v) is 23.4. The molecule has 4 aromatic rings. The summed E-state index contributed by atoms with van der Waals surface area (Å²) in [5.41, 5.74) is 1.41. The summed E-state index contributed by atoms with van der Waals surface area (Å²) >= 11 is 0. The zero-order valence-electron chi connectivity index (χ0n) is 23.4. The minimum Gasteiger partial charge on any atom is -0.493 e. The summed E-state index contributed by atoms with van der Waals surface area (Å²) in [6.45, 7) is 6.00. The smallest absolute Gasteiger partial charge is 0.341 e. The van der Waals surface area contributed by atoms with E-state index in [0.717, 1.165) is 12.0 Å². The van der Waals surface area contributed by atoms with Gasteiger partial charge in [0.2, 0.25) is 5.75 Å². The molecule has 210 valence electrons. The van der Waals surface area contributed by atoms with Gasteiger partial charge in [-0.05, 0) is 50.1 Å². The molecular weight excluding hydrogens is 516 g/mol. The molecule has 0 radical (unpaired) electrons. The Bertz CT molecular complexity index is 1710. The summed E-state index contributed by atoms with van der Waals surface area (Å²) in [5.74, 6) is -0.493. The van der Waals surface area contributed by atoms with Crippen LogP contribution in [0.4, 0.5) is 0 Å². The standard InChI is InChI=1S/C29H32N4O7/c1-7-9-12-32-25-19(28(35)33-13-10-11-17(3)24(33)30-25)16-20(29(36)40-8-2)26(32)31-27(34)18-14-21(37-4)23(39-6)22(15-18)38-5/h10-11,13-16H,7-9,12H2,1-6H3. The fourth-order valence-electron chi connectivity index (χ4n) is 4.46. The highest BCUT2D eigenvalue weighted by molar-refractivity contribution is 5.98. The second kappa shape index (κ2) is 12.0. The van der Waals surface area contributed by atoms with Crippen molar-refractivity contribution < 1.29 is 28.5 Å². The molecule has 3 aromatic heterocycles. The zero-order chi connectivity index (χ0) is 29.0. The molecule has 1 aromatic carbocycles. The SMILES string of the molecule is CCCCn1c(=NC(=O)c2cc(OC)c(OC)c(OC)c2)c(C(=O)OCC)cc2c(=O)n3cccc(C)c3nc21. The van der Waals surface area contributed by atoms with Gasteiger partial charge in [-0.25, -0.2) is 9.78 Å². The van der Waals surface area contributed by atoms with Gasteiger partial charge in [-0.15, -0.1) is 0 Å². The average Bonchev–Trinajstić information content (AvgIpc) is 2.96. The molecule has 0 aliphatic carbocycles. The molecule has 4 rings (SSSR count). The number of ether oxygens (including phenoxy) is 4. The molecule has 0 N–H and O–H groups in total. The third kappa shape index (κ3) is 5.14. The van der Waals surface area contributed by atoms with Gasteiger partial charge in [-0.1, -0.05) is 19.4 Å². The first-order valence-electron chi connectivity index (χ1n) is 12.9. The van der Waals surface area contributed by atoms with Crippen LogP contribution in [-0.2, 0) is 11.3 Å². The van der Waals surface area contributed by atoms with Gasteiger partial charge in [0.15, 0.2) is 17.0 Å². The van der Waals surface area contributed by atoms with Crippen LogP contribution >= 0.6 is 0 Å². The molecule has 0 aliphatic rings. The van der Waals surface area contributed by atoms with E-state index in [1.54, 1.807) is 23.8 Å². The fraction of sp³-hybridized carbons (Fsp3) is 0.345. The number of carbonyl (C=O) groups is 2. The lowest BCUT2D eigenvalue weighted by Gasteiger charge is -2.16. The maximum Gasteiger partial charge on any atom is 0.341 e. The van der Waals surface area contributed by atoms with Gasteiger partial charge < -0.3 is 23.5 Å². The molecule has 11 nitrogen and oxygen atoms in total. The van der Waals surface area contributed by atoms with Gasteiger partial charge in [0.25, 0.3) is 11.5 Å². The van der Waals surface area contributed by atoms with Gasteiger partial charge in [0.1, 0.15) is 16.9 Å². The molecule has 0 aliphatic heterocycles. The van der Waals surface area contributed by atoms with Crippen molar-refractivity contribution in [1.29, 1.82) is 0 Å². The van der Waals surface area contributed by atoms with E-state index >= 15 is 0 Å². The van der Waals surface area contributed by atoms with Crippen LogP contribution in [0, 0.1) is 6.92 Å². The van der Waals surface area contributed by atoms with Crippen LogP contribution in [-0.4, -0.2) is 53.8 Å².